The molecule has 0 radical (unpaired) electrons. The second-order valence-electron chi connectivity index (χ2n) is 5.12. The van der Waals surface area contributed by atoms with Crippen molar-refractivity contribution in [3.63, 3.8) is 0 Å². The lowest BCUT2D eigenvalue weighted by Crippen LogP contribution is -2.44. The van der Waals surface area contributed by atoms with Crippen molar-refractivity contribution >= 4 is 10.2 Å². The third-order valence-corrected chi connectivity index (χ3v) is 5.07. The summed E-state index contributed by atoms with van der Waals surface area (Å²) >= 11 is 0. The molecule has 0 bridgehead atoms. The zero-order valence-corrected chi connectivity index (χ0v) is 12.1. The fraction of sp³-hybridized carbons (Fsp3) is 1.00. The minimum absolute atomic E-state index is 0.220. The van der Waals surface area contributed by atoms with Gasteiger partial charge in [-0.15, -0.1) is 0 Å². The summed E-state index contributed by atoms with van der Waals surface area (Å²) in [6, 6.07) is 0. The van der Waals surface area contributed by atoms with Crippen LogP contribution in [0.2, 0.25) is 0 Å². The van der Waals surface area contributed by atoms with Crippen molar-refractivity contribution in [3.05, 3.63) is 0 Å². The second-order valence-corrected chi connectivity index (χ2v) is 6.87. The molecule has 0 aromatic heterocycles. The molecule has 0 spiro atoms. The molecule has 1 aliphatic heterocycles. The monoisotopic (exact) mass is 278 g/mol. The average Bonchev–Trinajstić information content (AvgIpc) is 2.34. The minimum atomic E-state index is -3.27. The molecule has 0 atom stereocenters. The van der Waals surface area contributed by atoms with Crippen LogP contribution in [0.1, 0.15) is 45.4 Å². The first-order valence-corrected chi connectivity index (χ1v) is 8.36. The van der Waals surface area contributed by atoms with Crippen LogP contribution >= 0.6 is 0 Å². The Morgan fingerprint density at radius 2 is 1.78 bits per heavy atom. The summed E-state index contributed by atoms with van der Waals surface area (Å²) in [6.07, 6.45) is 5.47. The number of unbranched alkanes of at least 4 members (excludes halogenated alkanes) is 3. The van der Waals surface area contributed by atoms with Crippen LogP contribution in [0.4, 0.5) is 0 Å². The molecule has 0 aromatic rings. The van der Waals surface area contributed by atoms with E-state index < -0.39 is 10.2 Å². The zero-order chi connectivity index (χ0) is 13.4. The Balaban J connectivity index is 2.19. The van der Waals surface area contributed by atoms with Crippen LogP contribution in [0, 0.1) is 5.92 Å². The number of rotatable bonds is 8. The first kappa shape index (κ1) is 15.9. The highest BCUT2D eigenvalue weighted by molar-refractivity contribution is 7.87. The first-order chi connectivity index (χ1) is 8.56. The maximum Gasteiger partial charge on any atom is 0.279 e. The van der Waals surface area contributed by atoms with Gasteiger partial charge in [-0.05, 0) is 31.6 Å². The predicted molar refractivity (Wildman–Crippen MR) is 72.4 cm³/mol. The quantitative estimate of drug-likeness (QED) is 0.653. The van der Waals surface area contributed by atoms with Gasteiger partial charge in [-0.25, -0.2) is 4.72 Å². The van der Waals surface area contributed by atoms with Gasteiger partial charge in [0.25, 0.3) is 10.2 Å². The summed E-state index contributed by atoms with van der Waals surface area (Å²) in [4.78, 5) is 0. The van der Waals surface area contributed by atoms with E-state index in [4.69, 9.17) is 5.11 Å². The van der Waals surface area contributed by atoms with Crippen molar-refractivity contribution in [3.8, 4) is 0 Å². The van der Waals surface area contributed by atoms with Gasteiger partial charge in [-0.3, -0.25) is 0 Å². The van der Waals surface area contributed by atoms with Crippen LogP contribution in [0.5, 0.6) is 0 Å². The van der Waals surface area contributed by atoms with E-state index in [-0.39, 0.29) is 6.61 Å². The molecule has 0 aromatic carbocycles. The lowest BCUT2D eigenvalue weighted by molar-refractivity contribution is 0.281. The number of aliphatic hydroxyl groups is 1. The van der Waals surface area contributed by atoms with Crippen LogP contribution in [-0.2, 0) is 10.2 Å². The molecule has 1 fully saturated rings. The van der Waals surface area contributed by atoms with Gasteiger partial charge in [0, 0.05) is 26.2 Å². The van der Waals surface area contributed by atoms with Crippen LogP contribution in [0.3, 0.4) is 0 Å². The molecule has 1 rings (SSSR count). The largest absolute Gasteiger partial charge is 0.396 e. The Kier molecular flexibility index (Phi) is 7.14. The average molecular weight is 278 g/mol. The van der Waals surface area contributed by atoms with Gasteiger partial charge in [0.05, 0.1) is 0 Å². The summed E-state index contributed by atoms with van der Waals surface area (Å²) < 4.78 is 28.1. The van der Waals surface area contributed by atoms with Crippen molar-refractivity contribution < 1.29 is 13.5 Å². The highest BCUT2D eigenvalue weighted by Crippen LogP contribution is 2.17. The second kappa shape index (κ2) is 8.09. The molecule has 0 saturated carbocycles. The Hall–Kier alpha value is -0.170. The molecule has 1 saturated heterocycles. The summed E-state index contributed by atoms with van der Waals surface area (Å²) in [5.74, 6) is 0.634. The van der Waals surface area contributed by atoms with E-state index in [1.54, 1.807) is 4.31 Å². The molecule has 108 valence electrons. The predicted octanol–water partition coefficient (Wildman–Crippen LogP) is 1.11. The van der Waals surface area contributed by atoms with Crippen molar-refractivity contribution in [2.75, 3.05) is 26.2 Å². The van der Waals surface area contributed by atoms with Crippen LogP contribution < -0.4 is 4.72 Å². The Morgan fingerprint density at radius 3 is 2.39 bits per heavy atom. The van der Waals surface area contributed by atoms with E-state index >= 15 is 0 Å². The van der Waals surface area contributed by atoms with Crippen LogP contribution in [0.25, 0.3) is 0 Å². The van der Waals surface area contributed by atoms with Gasteiger partial charge >= 0.3 is 0 Å². The van der Waals surface area contributed by atoms with Crippen molar-refractivity contribution in [2.24, 2.45) is 5.92 Å². The Bertz CT molecular complexity index is 311. The van der Waals surface area contributed by atoms with Crippen molar-refractivity contribution in [1.82, 2.24) is 9.03 Å². The fourth-order valence-electron chi connectivity index (χ4n) is 2.11. The number of hydrogen-bond donors (Lipinski definition) is 2. The molecule has 0 aliphatic carbocycles. The third kappa shape index (κ3) is 5.65. The standard InChI is InChI=1S/C12H26N2O3S/c1-12-6-9-14(10-7-12)18(16,17)13-8-4-2-3-5-11-15/h12-13,15H,2-11H2,1H3. The van der Waals surface area contributed by atoms with Crippen LogP contribution in [-0.4, -0.2) is 44.1 Å². The highest BCUT2D eigenvalue weighted by atomic mass is 32.2. The van der Waals surface area contributed by atoms with E-state index in [9.17, 15) is 8.42 Å². The molecular weight excluding hydrogens is 252 g/mol. The summed E-state index contributed by atoms with van der Waals surface area (Å²) in [5.41, 5.74) is 0. The first-order valence-electron chi connectivity index (χ1n) is 6.92. The van der Waals surface area contributed by atoms with Crippen molar-refractivity contribution in [1.29, 1.82) is 0 Å². The molecule has 1 heterocycles. The molecule has 1 aliphatic rings. The molecule has 0 amide bonds. The molecule has 5 nitrogen and oxygen atoms in total. The normalized spacial score (nSPS) is 19.2. The van der Waals surface area contributed by atoms with Gasteiger partial charge in [-0.2, -0.15) is 12.7 Å². The SMILES string of the molecule is CC1CCN(S(=O)(=O)NCCCCCCO)CC1. The summed E-state index contributed by atoms with van der Waals surface area (Å²) in [6.45, 7) is 4.16. The molecule has 0 unspecified atom stereocenters. The zero-order valence-electron chi connectivity index (χ0n) is 11.3. The molecule has 6 heteroatoms. The van der Waals surface area contributed by atoms with Crippen LogP contribution in [0.15, 0.2) is 0 Å². The number of piperidine rings is 1. The van der Waals surface area contributed by atoms with Gasteiger partial charge in [-0.1, -0.05) is 19.8 Å². The lowest BCUT2D eigenvalue weighted by Gasteiger charge is -2.29. The van der Waals surface area contributed by atoms with E-state index in [0.717, 1.165) is 38.5 Å². The summed E-state index contributed by atoms with van der Waals surface area (Å²) in [5, 5.41) is 8.63. The van der Waals surface area contributed by atoms with Gasteiger partial charge in [0.15, 0.2) is 0 Å². The smallest absolute Gasteiger partial charge is 0.279 e. The van der Waals surface area contributed by atoms with E-state index in [1.165, 1.54) is 0 Å². The summed E-state index contributed by atoms with van der Waals surface area (Å²) in [7, 11) is -3.27. The third-order valence-electron chi connectivity index (χ3n) is 3.45. The number of nitrogens with one attached hydrogen (secondary N) is 1. The lowest BCUT2D eigenvalue weighted by atomic mass is 10.0. The fourth-order valence-corrected chi connectivity index (χ4v) is 3.38. The molecular formula is C12H26N2O3S. The van der Waals surface area contributed by atoms with Crippen molar-refractivity contribution in [2.45, 2.75) is 45.4 Å². The van der Waals surface area contributed by atoms with Gasteiger partial charge in [0.1, 0.15) is 0 Å². The number of nitrogens with zero attached hydrogens (tertiary/aromatic N) is 1. The maximum atomic E-state index is 12.0. The van der Waals surface area contributed by atoms with E-state index in [2.05, 4.69) is 11.6 Å². The van der Waals surface area contributed by atoms with Gasteiger partial charge in [0.2, 0.25) is 0 Å². The Labute approximate surface area is 111 Å². The Morgan fingerprint density at radius 1 is 1.17 bits per heavy atom. The minimum Gasteiger partial charge on any atom is -0.396 e. The molecule has 18 heavy (non-hydrogen) atoms. The van der Waals surface area contributed by atoms with Gasteiger partial charge < -0.3 is 5.11 Å². The maximum absolute atomic E-state index is 12.0. The number of hydrogen-bond acceptors (Lipinski definition) is 3. The highest BCUT2D eigenvalue weighted by Gasteiger charge is 2.25. The topological polar surface area (TPSA) is 69.6 Å². The van der Waals surface area contributed by atoms with E-state index in [0.29, 0.717) is 25.6 Å². The number of aliphatic hydroxyl groups excluding tert-OH is 1. The molecule has 2 N–H and O–H groups in total. The van der Waals surface area contributed by atoms with E-state index in [1.807, 2.05) is 0 Å².